The minimum Gasteiger partial charge on any atom is -0.484 e. The van der Waals surface area contributed by atoms with Crippen molar-refractivity contribution in [3.63, 3.8) is 0 Å². The van der Waals surface area contributed by atoms with Gasteiger partial charge in [0.25, 0.3) is 5.89 Å². The van der Waals surface area contributed by atoms with Crippen LogP contribution in [-0.4, -0.2) is 16.2 Å². The molecule has 0 aliphatic rings. The summed E-state index contributed by atoms with van der Waals surface area (Å²) in [7, 11) is 0. The Kier molecular flexibility index (Phi) is 4.76. The van der Waals surface area contributed by atoms with Gasteiger partial charge >= 0.3 is 0 Å². The van der Waals surface area contributed by atoms with Crippen LogP contribution in [0.2, 0.25) is 5.02 Å². The van der Waals surface area contributed by atoms with E-state index in [0.29, 0.717) is 35.1 Å². The van der Waals surface area contributed by atoms with Crippen LogP contribution in [0.3, 0.4) is 0 Å². The molecule has 1 aromatic heterocycles. The molecule has 0 saturated heterocycles. The third kappa shape index (κ3) is 4.54. The van der Waals surface area contributed by atoms with Crippen molar-refractivity contribution in [1.29, 1.82) is 0 Å². The third-order valence-electron chi connectivity index (χ3n) is 2.35. The van der Waals surface area contributed by atoms with Crippen LogP contribution in [-0.2, 0) is 13.2 Å². The molecule has 1 N–H and O–H groups in total. The van der Waals surface area contributed by atoms with Crippen molar-refractivity contribution >= 4 is 11.6 Å². The Hall–Kier alpha value is -1.59. The third-order valence-corrected chi connectivity index (χ3v) is 2.60. The predicted octanol–water partition coefficient (Wildman–Crippen LogP) is 2.80. The van der Waals surface area contributed by atoms with E-state index >= 15 is 0 Å². The Morgan fingerprint density at radius 1 is 1.21 bits per heavy atom. The summed E-state index contributed by atoms with van der Waals surface area (Å²) in [4.78, 5) is 0. The van der Waals surface area contributed by atoms with Gasteiger partial charge in [-0.3, -0.25) is 0 Å². The van der Waals surface area contributed by atoms with E-state index in [1.807, 2.05) is 0 Å². The van der Waals surface area contributed by atoms with Crippen LogP contribution in [0.5, 0.6) is 5.75 Å². The number of hydrogen-bond donors (Lipinski definition) is 1. The summed E-state index contributed by atoms with van der Waals surface area (Å²) in [6.45, 7) is 4.92. The van der Waals surface area contributed by atoms with Gasteiger partial charge in [-0.05, 0) is 24.3 Å². The van der Waals surface area contributed by atoms with Gasteiger partial charge in [0.2, 0.25) is 5.89 Å². The second-order valence-corrected chi connectivity index (χ2v) is 4.80. The van der Waals surface area contributed by atoms with E-state index in [0.717, 1.165) is 0 Å². The zero-order valence-electron chi connectivity index (χ0n) is 10.9. The Labute approximate surface area is 116 Å². The molecule has 19 heavy (non-hydrogen) atoms. The van der Waals surface area contributed by atoms with Crippen LogP contribution in [0.15, 0.2) is 28.7 Å². The van der Waals surface area contributed by atoms with E-state index in [1.54, 1.807) is 24.3 Å². The van der Waals surface area contributed by atoms with Gasteiger partial charge < -0.3 is 14.5 Å². The molecule has 0 unspecified atom stereocenters. The van der Waals surface area contributed by atoms with Gasteiger partial charge in [-0.2, -0.15) is 0 Å². The van der Waals surface area contributed by atoms with Crippen LogP contribution in [0, 0.1) is 0 Å². The highest BCUT2D eigenvalue weighted by Crippen LogP contribution is 2.16. The maximum atomic E-state index is 5.79. The molecule has 2 aromatic rings. The number of hydrogen-bond acceptors (Lipinski definition) is 5. The SMILES string of the molecule is CC(C)NCc1nnc(COc2ccc(Cl)cc2)o1. The summed E-state index contributed by atoms with van der Waals surface area (Å²) in [5.74, 6) is 1.73. The molecule has 1 aromatic carbocycles. The minimum atomic E-state index is 0.246. The fraction of sp³-hybridized carbons (Fsp3) is 0.385. The van der Waals surface area contributed by atoms with E-state index in [1.165, 1.54) is 0 Å². The van der Waals surface area contributed by atoms with E-state index in [9.17, 15) is 0 Å². The topological polar surface area (TPSA) is 60.2 Å². The molecule has 6 heteroatoms. The molecule has 0 bridgehead atoms. The highest BCUT2D eigenvalue weighted by molar-refractivity contribution is 6.30. The van der Waals surface area contributed by atoms with E-state index in [4.69, 9.17) is 20.8 Å². The molecule has 2 rings (SSSR count). The van der Waals surface area contributed by atoms with Crippen molar-refractivity contribution in [2.45, 2.75) is 33.0 Å². The van der Waals surface area contributed by atoms with Crippen molar-refractivity contribution in [2.75, 3.05) is 0 Å². The van der Waals surface area contributed by atoms with Gasteiger partial charge in [-0.15, -0.1) is 10.2 Å². The lowest BCUT2D eigenvalue weighted by Gasteiger charge is -2.04. The van der Waals surface area contributed by atoms with E-state index in [2.05, 4.69) is 29.4 Å². The first-order chi connectivity index (χ1) is 9.13. The van der Waals surface area contributed by atoms with Crippen molar-refractivity contribution in [2.24, 2.45) is 0 Å². The smallest absolute Gasteiger partial charge is 0.253 e. The average molecular weight is 282 g/mol. The monoisotopic (exact) mass is 281 g/mol. The molecule has 1 heterocycles. The molecular formula is C13H16ClN3O2. The number of aromatic nitrogens is 2. The first-order valence-corrected chi connectivity index (χ1v) is 6.44. The number of rotatable bonds is 6. The molecule has 5 nitrogen and oxygen atoms in total. The highest BCUT2D eigenvalue weighted by Gasteiger charge is 2.07. The largest absolute Gasteiger partial charge is 0.484 e. The van der Waals surface area contributed by atoms with Crippen LogP contribution in [0.4, 0.5) is 0 Å². The quantitative estimate of drug-likeness (QED) is 0.882. The van der Waals surface area contributed by atoms with Gasteiger partial charge in [0.05, 0.1) is 6.54 Å². The summed E-state index contributed by atoms with van der Waals surface area (Å²) in [5.41, 5.74) is 0. The maximum absolute atomic E-state index is 5.79. The number of ether oxygens (including phenoxy) is 1. The van der Waals surface area contributed by atoms with Crippen LogP contribution in [0.1, 0.15) is 25.6 Å². The van der Waals surface area contributed by atoms with E-state index < -0.39 is 0 Å². The minimum absolute atomic E-state index is 0.246. The lowest BCUT2D eigenvalue weighted by Crippen LogP contribution is -2.21. The summed E-state index contributed by atoms with van der Waals surface area (Å²) in [6, 6.07) is 7.49. The maximum Gasteiger partial charge on any atom is 0.253 e. The summed E-state index contributed by atoms with van der Waals surface area (Å²) in [6.07, 6.45) is 0. The first-order valence-electron chi connectivity index (χ1n) is 6.06. The molecule has 102 valence electrons. The zero-order chi connectivity index (χ0) is 13.7. The molecule has 0 aliphatic carbocycles. The van der Waals surface area contributed by atoms with Crippen LogP contribution in [0.25, 0.3) is 0 Å². The second-order valence-electron chi connectivity index (χ2n) is 4.37. The Morgan fingerprint density at radius 2 is 1.89 bits per heavy atom. The molecular weight excluding hydrogens is 266 g/mol. The zero-order valence-corrected chi connectivity index (χ0v) is 11.6. The van der Waals surface area contributed by atoms with Gasteiger partial charge in [0, 0.05) is 11.1 Å². The van der Waals surface area contributed by atoms with Gasteiger partial charge in [-0.25, -0.2) is 0 Å². The van der Waals surface area contributed by atoms with Crippen molar-refractivity contribution in [3.05, 3.63) is 41.1 Å². The second kappa shape index (κ2) is 6.54. The van der Waals surface area contributed by atoms with Gasteiger partial charge in [-0.1, -0.05) is 25.4 Å². The molecule has 0 aliphatic heterocycles. The predicted molar refractivity (Wildman–Crippen MR) is 72.1 cm³/mol. The standard InChI is InChI=1S/C13H16ClN3O2/c1-9(2)15-7-12-16-17-13(19-12)8-18-11-5-3-10(14)4-6-11/h3-6,9,15H,7-8H2,1-2H3. The fourth-order valence-electron chi connectivity index (χ4n) is 1.39. The van der Waals surface area contributed by atoms with Crippen LogP contribution < -0.4 is 10.1 Å². The fourth-order valence-corrected chi connectivity index (χ4v) is 1.51. The lowest BCUT2D eigenvalue weighted by molar-refractivity contribution is 0.257. The van der Waals surface area contributed by atoms with Crippen molar-refractivity contribution in [1.82, 2.24) is 15.5 Å². The first kappa shape index (κ1) is 13.8. The average Bonchev–Trinajstić information content (AvgIpc) is 2.84. The normalized spacial score (nSPS) is 10.9. The molecule has 0 amide bonds. The van der Waals surface area contributed by atoms with Gasteiger partial charge in [0.15, 0.2) is 6.61 Å². The number of nitrogens with one attached hydrogen (secondary N) is 1. The summed E-state index contributed by atoms with van der Waals surface area (Å²) in [5, 5.41) is 11.7. The number of benzene rings is 1. The van der Waals surface area contributed by atoms with E-state index in [-0.39, 0.29) is 6.61 Å². The molecule has 0 atom stereocenters. The molecule has 0 spiro atoms. The van der Waals surface area contributed by atoms with Crippen molar-refractivity contribution in [3.8, 4) is 5.75 Å². The molecule has 0 fully saturated rings. The van der Waals surface area contributed by atoms with Crippen molar-refractivity contribution < 1.29 is 9.15 Å². The summed E-state index contributed by atoms with van der Waals surface area (Å²) < 4.78 is 11.0. The summed E-state index contributed by atoms with van der Waals surface area (Å²) >= 11 is 5.79. The Balaban J connectivity index is 1.84. The number of halogens is 1. The lowest BCUT2D eigenvalue weighted by atomic mass is 10.3. The number of nitrogens with zero attached hydrogens (tertiary/aromatic N) is 2. The Morgan fingerprint density at radius 3 is 2.58 bits per heavy atom. The molecule has 0 saturated carbocycles. The van der Waals surface area contributed by atoms with Gasteiger partial charge in [0.1, 0.15) is 5.75 Å². The highest BCUT2D eigenvalue weighted by atomic mass is 35.5. The molecule has 0 radical (unpaired) electrons. The van der Waals surface area contributed by atoms with Crippen LogP contribution >= 0.6 is 11.6 Å². The Bertz CT molecular complexity index is 511.